The van der Waals surface area contributed by atoms with Gasteiger partial charge in [0.25, 0.3) is 5.56 Å². The van der Waals surface area contributed by atoms with Crippen LogP contribution in [-0.2, 0) is 11.3 Å². The normalized spacial score (nSPS) is 22.6. The maximum Gasteiger partial charge on any atom is 0.283 e. The van der Waals surface area contributed by atoms with E-state index in [1.807, 2.05) is 53.4 Å². The van der Waals surface area contributed by atoms with Crippen LogP contribution in [0.25, 0.3) is 16.9 Å². The summed E-state index contributed by atoms with van der Waals surface area (Å²) in [6.07, 6.45) is 4.91. The fourth-order valence-electron chi connectivity index (χ4n) is 6.08. The lowest BCUT2D eigenvalue weighted by Crippen LogP contribution is -2.45. The Kier molecular flexibility index (Phi) is 6.76. The Balaban J connectivity index is 1.12. The SMILES string of the molecule is O=C(C1CCC(O)CC1c1ccccc1)N1CCC(Cn2cnc3c(nnn3-c3ccccc3)c2=O)CC1. The van der Waals surface area contributed by atoms with Crippen molar-refractivity contribution in [1.29, 1.82) is 0 Å². The summed E-state index contributed by atoms with van der Waals surface area (Å²) in [4.78, 5) is 33.2. The number of hydrogen-bond acceptors (Lipinski definition) is 6. The van der Waals surface area contributed by atoms with Crippen molar-refractivity contribution in [3.05, 3.63) is 82.9 Å². The molecule has 3 heterocycles. The molecule has 9 heteroatoms. The second kappa shape index (κ2) is 10.5. The molecule has 2 fully saturated rings. The molecule has 38 heavy (non-hydrogen) atoms. The van der Waals surface area contributed by atoms with Crippen molar-refractivity contribution in [2.24, 2.45) is 11.8 Å². The molecule has 1 aliphatic carbocycles. The number of benzene rings is 2. The molecule has 4 aromatic rings. The van der Waals surface area contributed by atoms with Gasteiger partial charge in [0, 0.05) is 25.6 Å². The fourth-order valence-corrected chi connectivity index (χ4v) is 6.08. The summed E-state index contributed by atoms with van der Waals surface area (Å²) in [7, 11) is 0. The van der Waals surface area contributed by atoms with Crippen LogP contribution >= 0.6 is 0 Å². The third kappa shape index (κ3) is 4.74. The summed E-state index contributed by atoms with van der Waals surface area (Å²) >= 11 is 0. The molecule has 0 spiro atoms. The summed E-state index contributed by atoms with van der Waals surface area (Å²) in [6, 6.07) is 19.6. The van der Waals surface area contributed by atoms with Crippen molar-refractivity contribution in [1.82, 2.24) is 29.4 Å². The third-order valence-corrected chi connectivity index (χ3v) is 8.18. The predicted octanol–water partition coefficient (Wildman–Crippen LogP) is 3.16. The van der Waals surface area contributed by atoms with Gasteiger partial charge >= 0.3 is 0 Å². The van der Waals surface area contributed by atoms with Gasteiger partial charge in [0.05, 0.1) is 11.8 Å². The van der Waals surface area contributed by atoms with E-state index in [1.54, 1.807) is 15.6 Å². The van der Waals surface area contributed by atoms with Crippen LogP contribution in [0, 0.1) is 11.8 Å². The number of rotatable bonds is 5. The maximum atomic E-state index is 13.6. The van der Waals surface area contributed by atoms with Crippen LogP contribution in [0.15, 0.2) is 71.8 Å². The number of carbonyl (C=O) groups excluding carboxylic acids is 1. The van der Waals surface area contributed by atoms with Gasteiger partial charge in [-0.2, -0.15) is 4.68 Å². The molecular formula is C29H32N6O3. The van der Waals surface area contributed by atoms with Gasteiger partial charge in [0.1, 0.15) is 6.33 Å². The molecule has 1 saturated heterocycles. The van der Waals surface area contributed by atoms with Gasteiger partial charge in [0.2, 0.25) is 5.91 Å². The summed E-state index contributed by atoms with van der Waals surface area (Å²) < 4.78 is 3.21. The quantitative estimate of drug-likeness (QED) is 0.440. The Bertz CT molecular complexity index is 1460. The number of aromatic nitrogens is 5. The Hall–Kier alpha value is -3.85. The first kappa shape index (κ1) is 24.5. The number of aliphatic hydroxyl groups excluding tert-OH is 1. The molecule has 2 aromatic heterocycles. The molecule has 1 aliphatic heterocycles. The zero-order valence-corrected chi connectivity index (χ0v) is 21.3. The van der Waals surface area contributed by atoms with Crippen molar-refractivity contribution >= 4 is 17.1 Å². The topological polar surface area (TPSA) is 106 Å². The van der Waals surface area contributed by atoms with Gasteiger partial charge in [-0.25, -0.2) is 4.98 Å². The molecule has 3 atom stereocenters. The number of carbonyl (C=O) groups is 1. The molecule has 1 amide bonds. The average molecular weight is 513 g/mol. The molecule has 196 valence electrons. The summed E-state index contributed by atoms with van der Waals surface area (Å²) in [5.41, 5.74) is 2.45. The summed E-state index contributed by atoms with van der Waals surface area (Å²) in [5, 5.41) is 18.6. The van der Waals surface area contributed by atoms with Crippen LogP contribution in [0.3, 0.4) is 0 Å². The lowest BCUT2D eigenvalue weighted by atomic mass is 9.73. The van der Waals surface area contributed by atoms with Crippen molar-refractivity contribution in [2.75, 3.05) is 13.1 Å². The van der Waals surface area contributed by atoms with E-state index < -0.39 is 0 Å². The first-order valence-electron chi connectivity index (χ1n) is 13.5. The van der Waals surface area contributed by atoms with E-state index in [9.17, 15) is 14.7 Å². The van der Waals surface area contributed by atoms with E-state index in [-0.39, 0.29) is 40.8 Å². The van der Waals surface area contributed by atoms with Crippen molar-refractivity contribution < 1.29 is 9.90 Å². The van der Waals surface area contributed by atoms with Gasteiger partial charge in [-0.05, 0) is 61.6 Å². The van der Waals surface area contributed by atoms with Gasteiger partial charge in [-0.1, -0.05) is 53.7 Å². The molecule has 6 rings (SSSR count). The third-order valence-electron chi connectivity index (χ3n) is 8.18. The highest BCUT2D eigenvalue weighted by atomic mass is 16.3. The van der Waals surface area contributed by atoms with E-state index >= 15 is 0 Å². The maximum absolute atomic E-state index is 13.6. The van der Waals surface area contributed by atoms with Crippen LogP contribution in [0.2, 0.25) is 0 Å². The van der Waals surface area contributed by atoms with Gasteiger partial charge < -0.3 is 10.0 Å². The first-order chi connectivity index (χ1) is 18.6. The Morgan fingerprint density at radius 1 is 0.947 bits per heavy atom. The predicted molar refractivity (Wildman–Crippen MR) is 143 cm³/mol. The number of nitrogens with zero attached hydrogens (tertiary/aromatic N) is 6. The number of piperidine rings is 1. The molecule has 3 unspecified atom stereocenters. The Labute approximate surface area is 220 Å². The van der Waals surface area contributed by atoms with E-state index in [2.05, 4.69) is 27.4 Å². The zero-order chi connectivity index (χ0) is 26.1. The molecule has 0 radical (unpaired) electrons. The summed E-state index contributed by atoms with van der Waals surface area (Å²) in [5.74, 6) is 0.421. The van der Waals surface area contributed by atoms with Crippen LogP contribution in [0.4, 0.5) is 0 Å². The van der Waals surface area contributed by atoms with Crippen molar-refractivity contribution in [3.63, 3.8) is 0 Å². The number of amides is 1. The summed E-state index contributed by atoms with van der Waals surface area (Å²) in [6.45, 7) is 1.90. The van der Waals surface area contributed by atoms with Gasteiger partial charge in [-0.3, -0.25) is 14.2 Å². The molecule has 1 saturated carbocycles. The Morgan fingerprint density at radius 2 is 1.66 bits per heavy atom. The monoisotopic (exact) mass is 512 g/mol. The fraction of sp³-hybridized carbons (Fsp3) is 0.414. The smallest absolute Gasteiger partial charge is 0.283 e. The molecule has 0 bridgehead atoms. The number of fused-ring (bicyclic) bond motifs is 1. The minimum Gasteiger partial charge on any atom is -0.393 e. The van der Waals surface area contributed by atoms with E-state index in [0.29, 0.717) is 44.5 Å². The minimum absolute atomic E-state index is 0.0471. The second-order valence-electron chi connectivity index (χ2n) is 10.6. The van der Waals surface area contributed by atoms with Gasteiger partial charge in [0.15, 0.2) is 11.2 Å². The number of para-hydroxylation sites is 1. The van der Waals surface area contributed by atoms with E-state index in [0.717, 1.165) is 24.1 Å². The lowest BCUT2D eigenvalue weighted by Gasteiger charge is -2.39. The zero-order valence-electron chi connectivity index (χ0n) is 21.3. The standard InChI is InChI=1S/C29H32N6O3/c36-23-11-12-24(25(17-23)21-7-3-1-4-8-21)28(37)33-15-13-20(14-16-33)18-34-19-30-27-26(29(34)38)31-32-35(27)22-9-5-2-6-10-22/h1-10,19-20,23-25,36H,11-18H2. The number of hydrogen-bond donors (Lipinski definition) is 1. The Morgan fingerprint density at radius 3 is 2.39 bits per heavy atom. The van der Waals surface area contributed by atoms with E-state index in [1.165, 1.54) is 0 Å². The molecular weight excluding hydrogens is 480 g/mol. The van der Waals surface area contributed by atoms with Crippen LogP contribution in [0.5, 0.6) is 0 Å². The number of likely N-dealkylation sites (tertiary alicyclic amines) is 1. The largest absolute Gasteiger partial charge is 0.393 e. The van der Waals surface area contributed by atoms with Crippen LogP contribution < -0.4 is 5.56 Å². The average Bonchev–Trinajstić information content (AvgIpc) is 3.40. The molecule has 2 aromatic carbocycles. The second-order valence-corrected chi connectivity index (χ2v) is 10.6. The van der Waals surface area contributed by atoms with Crippen molar-refractivity contribution in [2.45, 2.75) is 50.7 Å². The highest BCUT2D eigenvalue weighted by Gasteiger charge is 2.38. The highest BCUT2D eigenvalue weighted by Crippen LogP contribution is 2.39. The van der Waals surface area contributed by atoms with Crippen LogP contribution in [-0.4, -0.2) is 59.7 Å². The molecule has 1 N–H and O–H groups in total. The van der Waals surface area contributed by atoms with Crippen LogP contribution in [0.1, 0.15) is 43.6 Å². The van der Waals surface area contributed by atoms with E-state index in [4.69, 9.17) is 0 Å². The molecule has 2 aliphatic rings. The van der Waals surface area contributed by atoms with Gasteiger partial charge in [-0.15, -0.1) is 5.10 Å². The first-order valence-corrected chi connectivity index (χ1v) is 13.5. The lowest BCUT2D eigenvalue weighted by molar-refractivity contribution is -0.139. The minimum atomic E-state index is -0.353. The van der Waals surface area contributed by atoms with Crippen molar-refractivity contribution in [3.8, 4) is 5.69 Å². The molecule has 9 nitrogen and oxygen atoms in total. The number of aliphatic hydroxyl groups is 1. The highest BCUT2D eigenvalue weighted by molar-refractivity contribution is 5.80.